The predicted octanol–water partition coefficient (Wildman–Crippen LogP) is 4.42. The molecular formula is C25H31ClF2N4O4S. The number of thiophene rings is 1. The molecule has 0 aliphatic carbocycles. The lowest BCUT2D eigenvalue weighted by Gasteiger charge is -2.31. The first-order valence-corrected chi connectivity index (χ1v) is 13.2. The molecule has 0 spiro atoms. The maximum absolute atomic E-state index is 14.0. The van der Waals surface area contributed by atoms with Crippen LogP contribution in [0.25, 0.3) is 0 Å². The first-order chi connectivity index (χ1) is 17.6. The van der Waals surface area contributed by atoms with Crippen molar-refractivity contribution in [3.8, 4) is 0 Å². The highest BCUT2D eigenvalue weighted by Gasteiger charge is 2.29. The molecule has 2 N–H and O–H groups in total. The van der Waals surface area contributed by atoms with Crippen molar-refractivity contribution in [3.05, 3.63) is 45.1 Å². The summed E-state index contributed by atoms with van der Waals surface area (Å²) in [7, 11) is 0. The molecule has 1 aromatic carbocycles. The Labute approximate surface area is 223 Å². The van der Waals surface area contributed by atoms with E-state index in [2.05, 4.69) is 10.6 Å². The van der Waals surface area contributed by atoms with Gasteiger partial charge < -0.3 is 20.3 Å². The highest BCUT2D eigenvalue weighted by Crippen LogP contribution is 2.32. The molecule has 8 nitrogen and oxygen atoms in total. The normalized spacial score (nSPS) is 14.9. The van der Waals surface area contributed by atoms with Crippen LogP contribution < -0.4 is 15.5 Å². The smallest absolute Gasteiger partial charge is 0.265 e. The molecule has 1 aromatic heterocycles. The summed E-state index contributed by atoms with van der Waals surface area (Å²) in [5, 5.41) is 5.40. The summed E-state index contributed by atoms with van der Waals surface area (Å²) in [6, 6.07) is 6.51. The van der Waals surface area contributed by atoms with Crippen LogP contribution in [-0.4, -0.2) is 68.1 Å². The summed E-state index contributed by atoms with van der Waals surface area (Å²) >= 11 is 7.05. The molecule has 0 bridgehead atoms. The van der Waals surface area contributed by atoms with Gasteiger partial charge in [-0.2, -0.15) is 0 Å². The van der Waals surface area contributed by atoms with Crippen molar-refractivity contribution in [1.82, 2.24) is 10.2 Å². The number of nitrogens with zero attached hydrogens (tertiary/aromatic N) is 2. The molecule has 0 unspecified atom stereocenters. The second-order valence-electron chi connectivity index (χ2n) is 8.97. The summed E-state index contributed by atoms with van der Waals surface area (Å²) in [5.41, 5.74) is -0.130. The van der Waals surface area contributed by atoms with Crippen molar-refractivity contribution >= 4 is 52.0 Å². The number of hydrogen-bond donors (Lipinski definition) is 2. The minimum atomic E-state index is -2.88. The molecule has 1 fully saturated rings. The topological polar surface area (TPSA) is 91.0 Å². The van der Waals surface area contributed by atoms with Crippen molar-refractivity contribution in [3.63, 3.8) is 0 Å². The zero-order valence-corrected chi connectivity index (χ0v) is 22.5. The molecule has 202 valence electrons. The Morgan fingerprint density at radius 2 is 2.00 bits per heavy atom. The van der Waals surface area contributed by atoms with Crippen LogP contribution in [0, 0.1) is 5.92 Å². The van der Waals surface area contributed by atoms with Gasteiger partial charge in [-0.25, -0.2) is 8.78 Å². The summed E-state index contributed by atoms with van der Waals surface area (Å²) in [6.07, 6.45) is -2.88. The van der Waals surface area contributed by atoms with Crippen LogP contribution >= 0.6 is 22.9 Å². The molecule has 37 heavy (non-hydrogen) atoms. The van der Waals surface area contributed by atoms with Crippen LogP contribution in [0.2, 0.25) is 4.34 Å². The van der Waals surface area contributed by atoms with E-state index in [0.717, 1.165) is 11.3 Å². The van der Waals surface area contributed by atoms with Gasteiger partial charge in [-0.1, -0.05) is 32.4 Å². The van der Waals surface area contributed by atoms with Crippen LogP contribution in [0.1, 0.15) is 42.4 Å². The molecule has 0 radical (unpaired) electrons. The van der Waals surface area contributed by atoms with Gasteiger partial charge in [0.1, 0.15) is 12.6 Å². The molecule has 3 amide bonds. The second-order valence-corrected chi connectivity index (χ2v) is 10.7. The first-order valence-electron chi connectivity index (χ1n) is 12.0. The summed E-state index contributed by atoms with van der Waals surface area (Å²) in [5.74, 6) is -0.991. The molecule has 1 aliphatic rings. The molecule has 1 saturated heterocycles. The van der Waals surface area contributed by atoms with E-state index >= 15 is 0 Å². The third-order valence-corrected chi connectivity index (χ3v) is 7.06. The third-order valence-electron chi connectivity index (χ3n) is 5.83. The van der Waals surface area contributed by atoms with Crippen LogP contribution in [0.15, 0.2) is 30.3 Å². The van der Waals surface area contributed by atoms with Gasteiger partial charge in [0.2, 0.25) is 5.91 Å². The summed E-state index contributed by atoms with van der Waals surface area (Å²) in [6.45, 7) is 7.40. The zero-order chi connectivity index (χ0) is 27.1. The van der Waals surface area contributed by atoms with E-state index in [0.29, 0.717) is 34.6 Å². The Morgan fingerprint density at radius 1 is 1.24 bits per heavy atom. The maximum atomic E-state index is 14.0. The first kappa shape index (κ1) is 29.0. The number of amides is 3. The van der Waals surface area contributed by atoms with Crippen molar-refractivity contribution in [2.24, 2.45) is 5.92 Å². The van der Waals surface area contributed by atoms with E-state index in [-0.39, 0.29) is 43.1 Å². The zero-order valence-electron chi connectivity index (χ0n) is 20.9. The van der Waals surface area contributed by atoms with Gasteiger partial charge in [-0.15, -0.1) is 11.3 Å². The Balaban J connectivity index is 1.82. The quantitative estimate of drug-likeness (QED) is 0.428. The average Bonchev–Trinajstić information content (AvgIpc) is 3.30. The standard InChI is InChI=1S/C25H31ClF2N4O4S/c1-4-31(13-15(2)3)19(12-29-25(35)20-7-8-21(26)37-20)24(34)30-18-6-5-16(11-17(18)23(27)28)32-9-10-36-14-22(32)33/h5-8,11,15,19,23H,4,9-10,12-14H2,1-3H3,(H,29,35)(H,30,34)/t19-/m1/s1. The van der Waals surface area contributed by atoms with Gasteiger partial charge in [0.15, 0.2) is 0 Å². The van der Waals surface area contributed by atoms with E-state index in [1.807, 2.05) is 25.7 Å². The number of morpholine rings is 1. The van der Waals surface area contributed by atoms with Crippen LogP contribution in [-0.2, 0) is 14.3 Å². The number of likely N-dealkylation sites (N-methyl/N-ethyl adjacent to an activating group) is 1. The third kappa shape index (κ3) is 7.70. The van der Waals surface area contributed by atoms with Gasteiger partial charge in [0.25, 0.3) is 18.2 Å². The summed E-state index contributed by atoms with van der Waals surface area (Å²) < 4.78 is 33.6. The number of hydrogen-bond acceptors (Lipinski definition) is 6. The van der Waals surface area contributed by atoms with Gasteiger partial charge in [0.05, 0.1) is 15.8 Å². The van der Waals surface area contributed by atoms with E-state index in [9.17, 15) is 23.2 Å². The lowest BCUT2D eigenvalue weighted by molar-refractivity contribution is -0.125. The lowest BCUT2D eigenvalue weighted by atomic mass is 10.1. The van der Waals surface area contributed by atoms with Crippen molar-refractivity contribution in [1.29, 1.82) is 0 Å². The molecule has 1 aliphatic heterocycles. The highest BCUT2D eigenvalue weighted by molar-refractivity contribution is 7.18. The molecule has 3 rings (SSSR count). The van der Waals surface area contributed by atoms with Crippen LogP contribution in [0.4, 0.5) is 20.2 Å². The number of halogens is 3. The van der Waals surface area contributed by atoms with Crippen molar-refractivity contribution in [2.45, 2.75) is 33.2 Å². The Morgan fingerprint density at radius 3 is 2.59 bits per heavy atom. The molecule has 2 heterocycles. The minimum Gasteiger partial charge on any atom is -0.370 e. The fourth-order valence-corrected chi connectivity index (χ4v) is 5.03. The molecular weight excluding hydrogens is 526 g/mol. The highest BCUT2D eigenvalue weighted by atomic mass is 35.5. The van der Waals surface area contributed by atoms with Gasteiger partial charge >= 0.3 is 0 Å². The number of benzene rings is 1. The minimum absolute atomic E-state index is 0.0227. The van der Waals surface area contributed by atoms with E-state index in [1.54, 1.807) is 12.1 Å². The van der Waals surface area contributed by atoms with Crippen LogP contribution in [0.5, 0.6) is 0 Å². The van der Waals surface area contributed by atoms with E-state index in [4.69, 9.17) is 16.3 Å². The number of carbonyl (C=O) groups excluding carboxylic acids is 3. The average molecular weight is 557 g/mol. The van der Waals surface area contributed by atoms with Crippen molar-refractivity contribution in [2.75, 3.05) is 49.6 Å². The number of rotatable bonds is 11. The van der Waals surface area contributed by atoms with Crippen molar-refractivity contribution < 1.29 is 27.9 Å². The van der Waals surface area contributed by atoms with E-state index < -0.39 is 23.9 Å². The van der Waals surface area contributed by atoms with Gasteiger partial charge in [0, 0.05) is 36.6 Å². The Kier molecular flexibility index (Phi) is 10.4. The SMILES string of the molecule is CCN(CC(C)C)[C@H](CNC(=O)c1ccc(Cl)s1)C(=O)Nc1ccc(N2CCOCC2=O)cc1C(F)F. The number of carbonyl (C=O) groups is 3. The number of ether oxygens (including phenoxy) is 1. The van der Waals surface area contributed by atoms with E-state index in [1.165, 1.54) is 23.1 Å². The largest absolute Gasteiger partial charge is 0.370 e. The molecule has 12 heteroatoms. The fraction of sp³-hybridized carbons (Fsp3) is 0.480. The second kappa shape index (κ2) is 13.3. The molecule has 1 atom stereocenters. The number of anilines is 2. The molecule has 2 aromatic rings. The monoisotopic (exact) mass is 556 g/mol. The molecule has 0 saturated carbocycles. The summed E-state index contributed by atoms with van der Waals surface area (Å²) in [4.78, 5) is 41.8. The fourth-order valence-electron chi connectivity index (χ4n) is 4.07. The Bertz CT molecular complexity index is 1110. The number of alkyl halides is 2. The number of nitrogens with one attached hydrogen (secondary N) is 2. The van der Waals surface area contributed by atoms with Gasteiger partial charge in [-0.3, -0.25) is 19.3 Å². The van der Waals surface area contributed by atoms with Crippen LogP contribution in [0.3, 0.4) is 0 Å². The lowest BCUT2D eigenvalue weighted by Crippen LogP contribution is -2.51. The predicted molar refractivity (Wildman–Crippen MR) is 141 cm³/mol. The van der Waals surface area contributed by atoms with Gasteiger partial charge in [-0.05, 0) is 42.8 Å². The Hall–Kier alpha value is -2.60. The maximum Gasteiger partial charge on any atom is 0.265 e.